The molecule has 18 heavy (non-hydrogen) atoms. The lowest BCUT2D eigenvalue weighted by atomic mass is 10.1. The fraction of sp³-hybridized carbons (Fsp3) is 0.231. The maximum atomic E-state index is 5.69. The van der Waals surface area contributed by atoms with Gasteiger partial charge in [0.05, 0.1) is 12.3 Å². The quantitative estimate of drug-likeness (QED) is 0.779. The van der Waals surface area contributed by atoms with Crippen molar-refractivity contribution in [3.8, 4) is 17.0 Å². The third-order valence-corrected chi connectivity index (χ3v) is 2.54. The Labute approximate surface area is 111 Å². The summed E-state index contributed by atoms with van der Waals surface area (Å²) >= 11 is 5.69. The molecule has 0 aliphatic rings. The summed E-state index contributed by atoms with van der Waals surface area (Å²) in [6.07, 6.45) is 0. The highest BCUT2D eigenvalue weighted by molar-refractivity contribution is 6.29. The Morgan fingerprint density at radius 2 is 1.78 bits per heavy atom. The first-order valence-corrected chi connectivity index (χ1v) is 5.89. The summed E-state index contributed by atoms with van der Waals surface area (Å²) in [7, 11) is 1.64. The van der Waals surface area contributed by atoms with Crippen LogP contribution in [0, 0.1) is 0 Å². The van der Waals surface area contributed by atoms with Gasteiger partial charge in [0.2, 0.25) is 0 Å². The molecule has 0 saturated carbocycles. The van der Waals surface area contributed by atoms with Gasteiger partial charge in [0.15, 0.2) is 5.15 Å². The van der Waals surface area contributed by atoms with E-state index in [2.05, 4.69) is 10.2 Å². The van der Waals surface area contributed by atoms with Crippen molar-refractivity contribution < 1.29 is 9.47 Å². The molecule has 0 saturated heterocycles. The molecule has 0 aliphatic carbocycles. The maximum Gasteiger partial charge on any atom is 0.151 e. The summed E-state index contributed by atoms with van der Waals surface area (Å²) in [4.78, 5) is 0. The normalized spacial score (nSPS) is 10.3. The third kappa shape index (κ3) is 3.42. The molecule has 1 aromatic heterocycles. The lowest BCUT2D eigenvalue weighted by Crippen LogP contribution is -2.03. The number of hydrogen-bond acceptors (Lipinski definition) is 4. The average molecular weight is 265 g/mol. The van der Waals surface area contributed by atoms with Crippen LogP contribution in [-0.4, -0.2) is 30.5 Å². The predicted molar refractivity (Wildman–Crippen MR) is 69.8 cm³/mol. The van der Waals surface area contributed by atoms with Gasteiger partial charge in [-0.15, -0.1) is 10.2 Å². The highest BCUT2D eigenvalue weighted by Gasteiger charge is 2.01. The predicted octanol–water partition coefficient (Wildman–Crippen LogP) is 2.82. The van der Waals surface area contributed by atoms with Crippen LogP contribution in [0.15, 0.2) is 36.4 Å². The fourth-order valence-electron chi connectivity index (χ4n) is 1.43. The minimum absolute atomic E-state index is 0.387. The molecule has 4 nitrogen and oxygen atoms in total. The number of aromatic nitrogens is 2. The van der Waals surface area contributed by atoms with Gasteiger partial charge in [0.1, 0.15) is 12.4 Å². The topological polar surface area (TPSA) is 44.2 Å². The Kier molecular flexibility index (Phi) is 4.50. The van der Waals surface area contributed by atoms with Gasteiger partial charge in [-0.3, -0.25) is 0 Å². The van der Waals surface area contributed by atoms with Crippen LogP contribution in [0.4, 0.5) is 0 Å². The highest BCUT2D eigenvalue weighted by atomic mass is 35.5. The molecule has 0 unspecified atom stereocenters. The molecule has 0 bridgehead atoms. The molecule has 0 aliphatic heterocycles. The van der Waals surface area contributed by atoms with E-state index in [4.69, 9.17) is 21.1 Å². The molecule has 1 aromatic carbocycles. The molecular weight excluding hydrogens is 252 g/mol. The number of rotatable bonds is 5. The molecule has 0 atom stereocenters. The fourth-order valence-corrected chi connectivity index (χ4v) is 1.54. The van der Waals surface area contributed by atoms with E-state index in [1.54, 1.807) is 13.2 Å². The van der Waals surface area contributed by atoms with Crippen LogP contribution < -0.4 is 4.74 Å². The van der Waals surface area contributed by atoms with Crippen LogP contribution in [-0.2, 0) is 4.74 Å². The molecule has 94 valence electrons. The zero-order chi connectivity index (χ0) is 12.8. The first kappa shape index (κ1) is 12.8. The van der Waals surface area contributed by atoms with Crippen molar-refractivity contribution >= 4 is 11.6 Å². The Bertz CT molecular complexity index is 485. The zero-order valence-corrected chi connectivity index (χ0v) is 10.7. The SMILES string of the molecule is COCCOc1ccc(-c2ccc(Cl)nn2)cc1. The van der Waals surface area contributed by atoms with Crippen molar-refractivity contribution in [2.24, 2.45) is 0 Å². The van der Waals surface area contributed by atoms with E-state index in [0.717, 1.165) is 17.0 Å². The minimum atomic E-state index is 0.387. The summed E-state index contributed by atoms with van der Waals surface area (Å²) in [5.41, 5.74) is 1.75. The van der Waals surface area contributed by atoms with Gasteiger partial charge < -0.3 is 9.47 Å². The second-order valence-electron chi connectivity index (χ2n) is 3.61. The largest absolute Gasteiger partial charge is 0.491 e. The molecule has 2 aromatic rings. The monoisotopic (exact) mass is 264 g/mol. The standard InChI is InChI=1S/C13H13ClN2O2/c1-17-8-9-18-11-4-2-10(3-5-11)12-6-7-13(14)16-15-12/h2-7H,8-9H2,1H3. The van der Waals surface area contributed by atoms with Crippen LogP contribution in [0.1, 0.15) is 0 Å². The minimum Gasteiger partial charge on any atom is -0.491 e. The van der Waals surface area contributed by atoms with Crippen LogP contribution in [0.2, 0.25) is 5.15 Å². The number of hydrogen-bond donors (Lipinski definition) is 0. The van der Waals surface area contributed by atoms with Crippen molar-refractivity contribution in [3.63, 3.8) is 0 Å². The third-order valence-electron chi connectivity index (χ3n) is 2.34. The number of nitrogens with zero attached hydrogens (tertiary/aromatic N) is 2. The highest BCUT2D eigenvalue weighted by Crippen LogP contribution is 2.20. The van der Waals surface area contributed by atoms with Gasteiger partial charge >= 0.3 is 0 Å². The van der Waals surface area contributed by atoms with Crippen molar-refractivity contribution in [1.82, 2.24) is 10.2 Å². The molecular formula is C13H13ClN2O2. The zero-order valence-electron chi connectivity index (χ0n) is 9.97. The molecule has 0 radical (unpaired) electrons. The van der Waals surface area contributed by atoms with Gasteiger partial charge in [-0.2, -0.15) is 0 Å². The van der Waals surface area contributed by atoms with Gasteiger partial charge in [0, 0.05) is 12.7 Å². The Morgan fingerprint density at radius 3 is 2.39 bits per heavy atom. The Balaban J connectivity index is 2.05. The molecule has 0 amide bonds. The Morgan fingerprint density at radius 1 is 1.00 bits per heavy atom. The van der Waals surface area contributed by atoms with E-state index in [0.29, 0.717) is 18.4 Å². The van der Waals surface area contributed by atoms with E-state index >= 15 is 0 Å². The van der Waals surface area contributed by atoms with Crippen LogP contribution >= 0.6 is 11.6 Å². The molecule has 0 fully saturated rings. The van der Waals surface area contributed by atoms with Crippen LogP contribution in [0.3, 0.4) is 0 Å². The average Bonchev–Trinajstić information content (AvgIpc) is 2.41. The number of methoxy groups -OCH3 is 1. The van der Waals surface area contributed by atoms with Crippen LogP contribution in [0.5, 0.6) is 5.75 Å². The van der Waals surface area contributed by atoms with Gasteiger partial charge in [0.25, 0.3) is 0 Å². The summed E-state index contributed by atoms with van der Waals surface area (Å²) in [5.74, 6) is 0.803. The second-order valence-corrected chi connectivity index (χ2v) is 3.99. The summed E-state index contributed by atoms with van der Waals surface area (Å²) in [6, 6.07) is 11.2. The van der Waals surface area contributed by atoms with Crippen molar-refractivity contribution in [2.45, 2.75) is 0 Å². The maximum absolute atomic E-state index is 5.69. The molecule has 0 N–H and O–H groups in total. The van der Waals surface area contributed by atoms with Crippen molar-refractivity contribution in [1.29, 1.82) is 0 Å². The van der Waals surface area contributed by atoms with E-state index in [9.17, 15) is 0 Å². The van der Waals surface area contributed by atoms with Gasteiger partial charge in [-0.1, -0.05) is 11.6 Å². The smallest absolute Gasteiger partial charge is 0.151 e. The van der Waals surface area contributed by atoms with E-state index in [1.807, 2.05) is 30.3 Å². The van der Waals surface area contributed by atoms with Crippen molar-refractivity contribution in [2.75, 3.05) is 20.3 Å². The number of halogens is 1. The lowest BCUT2D eigenvalue weighted by Gasteiger charge is -2.06. The van der Waals surface area contributed by atoms with E-state index in [1.165, 1.54) is 0 Å². The molecule has 2 rings (SSSR count). The summed E-state index contributed by atoms with van der Waals surface area (Å²) in [5, 5.41) is 8.20. The lowest BCUT2D eigenvalue weighted by molar-refractivity contribution is 0.146. The van der Waals surface area contributed by atoms with Crippen LogP contribution in [0.25, 0.3) is 11.3 Å². The van der Waals surface area contributed by atoms with Gasteiger partial charge in [-0.25, -0.2) is 0 Å². The molecule has 1 heterocycles. The Hall–Kier alpha value is -1.65. The molecule has 0 spiro atoms. The summed E-state index contributed by atoms with van der Waals surface area (Å²) < 4.78 is 10.4. The summed E-state index contributed by atoms with van der Waals surface area (Å²) in [6.45, 7) is 1.11. The number of benzene rings is 1. The first-order valence-electron chi connectivity index (χ1n) is 5.51. The molecule has 5 heteroatoms. The first-order chi connectivity index (χ1) is 8.79. The van der Waals surface area contributed by atoms with E-state index in [-0.39, 0.29) is 0 Å². The number of ether oxygens (including phenoxy) is 2. The van der Waals surface area contributed by atoms with Gasteiger partial charge in [-0.05, 0) is 36.4 Å². The van der Waals surface area contributed by atoms with E-state index < -0.39 is 0 Å². The van der Waals surface area contributed by atoms with Crippen molar-refractivity contribution in [3.05, 3.63) is 41.6 Å². The second kappa shape index (κ2) is 6.33.